The van der Waals surface area contributed by atoms with Crippen LogP contribution in [-0.4, -0.2) is 35.6 Å². The average molecular weight is 349 g/mol. The Kier molecular flexibility index (Phi) is 6.24. The second-order valence-corrected chi connectivity index (χ2v) is 7.19. The van der Waals surface area contributed by atoms with Crippen LogP contribution in [-0.2, 0) is 4.79 Å². The summed E-state index contributed by atoms with van der Waals surface area (Å²) in [6.07, 6.45) is 4.59. The zero-order valence-corrected chi connectivity index (χ0v) is 15.4. The van der Waals surface area contributed by atoms with E-state index in [0.29, 0.717) is 12.3 Å². The molecule has 1 saturated heterocycles. The first-order valence-electron chi connectivity index (χ1n) is 9.38. The number of carboxylic acid groups (broad SMARTS) is 1. The van der Waals surface area contributed by atoms with Crippen LogP contribution in [0.25, 0.3) is 5.57 Å². The van der Waals surface area contributed by atoms with E-state index in [1.165, 1.54) is 22.3 Å². The van der Waals surface area contributed by atoms with Gasteiger partial charge >= 0.3 is 5.97 Å². The Labute approximate surface area is 156 Å². The first kappa shape index (κ1) is 18.4. The third-order valence-corrected chi connectivity index (χ3v) is 5.07. The molecule has 0 saturated carbocycles. The Morgan fingerprint density at radius 3 is 2.50 bits per heavy atom. The van der Waals surface area contributed by atoms with Gasteiger partial charge in [-0.1, -0.05) is 66.2 Å². The number of nitrogens with zero attached hydrogens (tertiary/aromatic N) is 1. The van der Waals surface area contributed by atoms with Crippen LogP contribution >= 0.6 is 0 Å². The van der Waals surface area contributed by atoms with Gasteiger partial charge in [0.25, 0.3) is 0 Å². The highest BCUT2D eigenvalue weighted by Crippen LogP contribution is 2.25. The van der Waals surface area contributed by atoms with Gasteiger partial charge in [0.2, 0.25) is 0 Å². The van der Waals surface area contributed by atoms with Gasteiger partial charge in [0, 0.05) is 19.5 Å². The minimum absolute atomic E-state index is 0.297. The van der Waals surface area contributed by atoms with Crippen molar-refractivity contribution in [2.75, 3.05) is 19.6 Å². The van der Waals surface area contributed by atoms with E-state index in [2.05, 4.69) is 66.4 Å². The third kappa shape index (κ3) is 5.06. The lowest BCUT2D eigenvalue weighted by molar-refractivity contribution is -0.138. The molecule has 0 amide bonds. The summed E-state index contributed by atoms with van der Waals surface area (Å²) >= 11 is 0. The van der Waals surface area contributed by atoms with Crippen molar-refractivity contribution in [1.82, 2.24) is 4.90 Å². The van der Waals surface area contributed by atoms with Crippen LogP contribution in [0.1, 0.15) is 36.0 Å². The second-order valence-electron chi connectivity index (χ2n) is 7.19. The van der Waals surface area contributed by atoms with Crippen molar-refractivity contribution in [1.29, 1.82) is 0 Å². The van der Waals surface area contributed by atoms with Gasteiger partial charge in [-0.3, -0.25) is 4.79 Å². The fraction of sp³-hybridized carbons (Fsp3) is 0.348. The first-order chi connectivity index (χ1) is 12.6. The monoisotopic (exact) mass is 349 g/mol. The smallest absolute Gasteiger partial charge is 0.303 e. The standard InChI is InChI=1S/C23H27NO2/c1-18-9-11-21(12-10-18)22(20-6-3-2-4-7-20)8-5-14-24-15-13-19(17-24)16-23(25)26/h2-4,6-12,19H,5,13-17H2,1H3,(H,25,26). The van der Waals surface area contributed by atoms with Crippen LogP contribution in [0.3, 0.4) is 0 Å². The van der Waals surface area contributed by atoms with E-state index in [1.54, 1.807) is 0 Å². The molecule has 1 atom stereocenters. The van der Waals surface area contributed by atoms with Crippen molar-refractivity contribution < 1.29 is 9.90 Å². The Bertz CT molecular complexity index is 750. The van der Waals surface area contributed by atoms with Crippen LogP contribution < -0.4 is 0 Å². The SMILES string of the molecule is Cc1ccc(C(=CCCN2CCC(CC(=O)O)C2)c2ccccc2)cc1. The van der Waals surface area contributed by atoms with E-state index in [-0.39, 0.29) is 0 Å². The van der Waals surface area contributed by atoms with E-state index in [4.69, 9.17) is 5.11 Å². The maximum atomic E-state index is 10.9. The largest absolute Gasteiger partial charge is 0.481 e. The maximum absolute atomic E-state index is 10.9. The Balaban J connectivity index is 1.68. The summed E-state index contributed by atoms with van der Waals surface area (Å²) in [5.41, 5.74) is 5.02. The van der Waals surface area contributed by atoms with Crippen LogP contribution in [0.15, 0.2) is 60.7 Å². The van der Waals surface area contributed by atoms with Crippen molar-refractivity contribution in [3.8, 4) is 0 Å². The number of carboxylic acids is 1. The quantitative estimate of drug-likeness (QED) is 0.793. The van der Waals surface area contributed by atoms with Gasteiger partial charge in [-0.15, -0.1) is 0 Å². The molecule has 0 bridgehead atoms. The van der Waals surface area contributed by atoms with Gasteiger partial charge in [-0.25, -0.2) is 0 Å². The number of benzene rings is 2. The zero-order chi connectivity index (χ0) is 18.4. The number of aryl methyl sites for hydroxylation is 1. The highest BCUT2D eigenvalue weighted by molar-refractivity contribution is 5.79. The minimum Gasteiger partial charge on any atom is -0.481 e. The molecule has 0 aromatic heterocycles. The topological polar surface area (TPSA) is 40.5 Å². The van der Waals surface area contributed by atoms with Crippen molar-refractivity contribution in [3.05, 3.63) is 77.4 Å². The Morgan fingerprint density at radius 1 is 1.12 bits per heavy atom. The summed E-state index contributed by atoms with van der Waals surface area (Å²) in [6, 6.07) is 19.2. The van der Waals surface area contributed by atoms with E-state index in [0.717, 1.165) is 32.5 Å². The van der Waals surface area contributed by atoms with Crippen molar-refractivity contribution in [2.24, 2.45) is 5.92 Å². The van der Waals surface area contributed by atoms with Crippen molar-refractivity contribution in [3.63, 3.8) is 0 Å². The van der Waals surface area contributed by atoms with Crippen LogP contribution in [0.2, 0.25) is 0 Å². The molecule has 1 fully saturated rings. The molecule has 136 valence electrons. The van der Waals surface area contributed by atoms with Crippen LogP contribution in [0, 0.1) is 12.8 Å². The van der Waals surface area contributed by atoms with Gasteiger partial charge < -0.3 is 10.0 Å². The lowest BCUT2D eigenvalue weighted by Gasteiger charge is -2.15. The second kappa shape index (κ2) is 8.81. The summed E-state index contributed by atoms with van der Waals surface area (Å²) in [7, 11) is 0. The molecule has 0 aliphatic carbocycles. The number of likely N-dealkylation sites (tertiary alicyclic amines) is 1. The number of rotatable bonds is 7. The molecule has 2 aromatic carbocycles. The fourth-order valence-electron chi connectivity index (χ4n) is 3.67. The van der Waals surface area contributed by atoms with E-state index >= 15 is 0 Å². The number of aliphatic carboxylic acids is 1. The number of hydrogen-bond donors (Lipinski definition) is 1. The fourth-order valence-corrected chi connectivity index (χ4v) is 3.67. The van der Waals surface area contributed by atoms with E-state index < -0.39 is 5.97 Å². The molecule has 1 unspecified atom stereocenters. The van der Waals surface area contributed by atoms with Gasteiger partial charge in [0.05, 0.1) is 0 Å². The predicted octanol–water partition coefficient (Wildman–Crippen LogP) is 4.61. The summed E-state index contributed by atoms with van der Waals surface area (Å²) in [6.45, 7) is 5.01. The number of hydrogen-bond acceptors (Lipinski definition) is 2. The van der Waals surface area contributed by atoms with Crippen LogP contribution in [0.5, 0.6) is 0 Å². The van der Waals surface area contributed by atoms with Gasteiger partial charge in [0.1, 0.15) is 0 Å². The summed E-state index contributed by atoms with van der Waals surface area (Å²) in [5, 5.41) is 8.95. The van der Waals surface area contributed by atoms with E-state index in [1.807, 2.05) is 6.07 Å². The minimum atomic E-state index is -0.678. The lowest BCUT2D eigenvalue weighted by Crippen LogP contribution is -2.22. The molecule has 3 heteroatoms. The number of carbonyl (C=O) groups is 1. The maximum Gasteiger partial charge on any atom is 0.303 e. The molecule has 3 nitrogen and oxygen atoms in total. The summed E-state index contributed by atoms with van der Waals surface area (Å²) in [5.74, 6) is -0.371. The average Bonchev–Trinajstić information content (AvgIpc) is 3.07. The predicted molar refractivity (Wildman–Crippen MR) is 106 cm³/mol. The Morgan fingerprint density at radius 2 is 1.81 bits per heavy atom. The van der Waals surface area contributed by atoms with Crippen LogP contribution in [0.4, 0.5) is 0 Å². The molecule has 1 aliphatic heterocycles. The van der Waals surface area contributed by atoms with Gasteiger partial charge in [-0.2, -0.15) is 0 Å². The molecule has 3 rings (SSSR count). The van der Waals surface area contributed by atoms with Crippen molar-refractivity contribution in [2.45, 2.75) is 26.2 Å². The zero-order valence-electron chi connectivity index (χ0n) is 15.4. The Hall–Kier alpha value is -2.39. The molecule has 2 aromatic rings. The van der Waals surface area contributed by atoms with Gasteiger partial charge in [-0.05, 0) is 48.9 Å². The molecule has 1 N–H and O–H groups in total. The van der Waals surface area contributed by atoms with E-state index in [9.17, 15) is 4.79 Å². The molecule has 26 heavy (non-hydrogen) atoms. The summed E-state index contributed by atoms with van der Waals surface area (Å²) in [4.78, 5) is 13.3. The highest BCUT2D eigenvalue weighted by Gasteiger charge is 2.23. The molecular weight excluding hydrogens is 322 g/mol. The first-order valence-corrected chi connectivity index (χ1v) is 9.38. The van der Waals surface area contributed by atoms with Crippen molar-refractivity contribution >= 4 is 11.5 Å². The van der Waals surface area contributed by atoms with Gasteiger partial charge in [0.15, 0.2) is 0 Å². The normalized spacial score (nSPS) is 18.2. The molecule has 1 aliphatic rings. The molecule has 0 spiro atoms. The molecule has 0 radical (unpaired) electrons. The lowest BCUT2D eigenvalue weighted by atomic mass is 9.96. The highest BCUT2D eigenvalue weighted by atomic mass is 16.4. The third-order valence-electron chi connectivity index (χ3n) is 5.07. The molecular formula is C23H27NO2. The molecule has 1 heterocycles. The summed E-state index contributed by atoms with van der Waals surface area (Å²) < 4.78 is 0.